The second-order valence-electron chi connectivity index (χ2n) is 11.1. The number of nitrogens with one attached hydrogen (secondary N) is 2. The number of hydrogen-bond donors (Lipinski definition) is 3. The number of halogens is 2. The normalized spacial score (nSPS) is 16.4. The summed E-state index contributed by atoms with van der Waals surface area (Å²) >= 11 is 6.07. The van der Waals surface area contributed by atoms with Crippen molar-refractivity contribution in [1.29, 1.82) is 0 Å². The van der Waals surface area contributed by atoms with E-state index in [1.54, 1.807) is 31.5 Å². The van der Waals surface area contributed by atoms with Crippen LogP contribution in [0, 0.1) is 5.82 Å². The first kappa shape index (κ1) is 30.9. The van der Waals surface area contributed by atoms with Gasteiger partial charge in [0.15, 0.2) is 0 Å². The van der Waals surface area contributed by atoms with E-state index in [0.717, 1.165) is 30.3 Å². The number of methoxy groups -OCH3 is 1. The Bertz CT molecular complexity index is 1790. The highest BCUT2D eigenvalue weighted by Crippen LogP contribution is 2.40. The van der Waals surface area contributed by atoms with E-state index in [2.05, 4.69) is 28.0 Å². The second kappa shape index (κ2) is 12.6. The van der Waals surface area contributed by atoms with Crippen LogP contribution in [0.15, 0.2) is 59.6 Å². The maximum atomic E-state index is 15.4. The first-order chi connectivity index (χ1) is 20.5. The average Bonchev–Trinajstić information content (AvgIpc) is 3.37. The third-order valence-corrected chi connectivity index (χ3v) is 9.42. The first-order valence-electron chi connectivity index (χ1n) is 14.2. The summed E-state index contributed by atoms with van der Waals surface area (Å²) in [7, 11) is -2.41. The Balaban J connectivity index is 1.51. The van der Waals surface area contributed by atoms with Crippen LogP contribution in [0.2, 0.25) is 5.02 Å². The summed E-state index contributed by atoms with van der Waals surface area (Å²) < 4.78 is 50.7. The summed E-state index contributed by atoms with van der Waals surface area (Å²) in [6, 6.07) is 10.8. The van der Waals surface area contributed by atoms with Gasteiger partial charge in [0.25, 0.3) is 10.0 Å². The molecule has 0 unspecified atom stereocenters. The summed E-state index contributed by atoms with van der Waals surface area (Å²) in [5.41, 5.74) is 10.1. The fourth-order valence-electron chi connectivity index (χ4n) is 5.54. The smallest absolute Gasteiger partial charge is 0.263 e. The number of ether oxygens (including phenoxy) is 1. The molecule has 0 amide bonds. The molecule has 1 aliphatic carbocycles. The lowest BCUT2D eigenvalue weighted by molar-refractivity contribution is 0.165. The molecule has 1 aliphatic rings. The summed E-state index contributed by atoms with van der Waals surface area (Å²) in [6.07, 6.45) is 6.72. The molecule has 43 heavy (non-hydrogen) atoms. The third kappa shape index (κ3) is 6.40. The van der Waals surface area contributed by atoms with Crippen LogP contribution in [0.3, 0.4) is 0 Å². The Morgan fingerprint density at radius 1 is 1.21 bits per heavy atom. The van der Waals surface area contributed by atoms with Gasteiger partial charge < -0.3 is 15.8 Å². The number of anilines is 2. The van der Waals surface area contributed by atoms with Crippen molar-refractivity contribution in [2.24, 2.45) is 0 Å². The number of aromatic nitrogens is 3. The van der Waals surface area contributed by atoms with Crippen molar-refractivity contribution in [3.8, 4) is 11.3 Å². The largest absolute Gasteiger partial charge is 0.383 e. The van der Waals surface area contributed by atoms with E-state index in [1.807, 2.05) is 18.5 Å². The monoisotopic (exact) mass is 626 g/mol. The Morgan fingerprint density at radius 3 is 2.63 bits per heavy atom. The minimum atomic E-state index is -4.11. The number of benzene rings is 2. The van der Waals surface area contributed by atoms with Crippen LogP contribution in [0.25, 0.3) is 27.7 Å². The molecule has 0 radical (unpaired) electrons. The maximum absolute atomic E-state index is 15.4. The molecule has 5 rings (SSSR count). The van der Waals surface area contributed by atoms with Gasteiger partial charge in [-0.2, -0.15) is 5.10 Å². The average molecular weight is 627 g/mol. The summed E-state index contributed by atoms with van der Waals surface area (Å²) in [6.45, 7) is 6.81. The number of allylic oxidation sites excluding steroid dienone is 1. The van der Waals surface area contributed by atoms with Gasteiger partial charge >= 0.3 is 0 Å². The Hall–Kier alpha value is -3.51. The number of nitrogens with two attached hydrogens (primary N) is 1. The maximum Gasteiger partial charge on any atom is 0.263 e. The van der Waals surface area contributed by atoms with E-state index in [0.29, 0.717) is 29.3 Å². The number of hydrogen-bond acceptors (Lipinski definition) is 7. The van der Waals surface area contributed by atoms with Crippen LogP contribution in [-0.2, 0) is 14.8 Å². The van der Waals surface area contributed by atoms with E-state index in [-0.39, 0.29) is 33.5 Å². The predicted molar refractivity (Wildman–Crippen MR) is 170 cm³/mol. The van der Waals surface area contributed by atoms with Crippen molar-refractivity contribution in [3.05, 3.63) is 71.1 Å². The molecular weight excluding hydrogens is 591 g/mol. The molecule has 4 N–H and O–H groups in total. The number of pyridine rings is 1. The molecule has 2 aromatic heterocycles. The van der Waals surface area contributed by atoms with Gasteiger partial charge in [-0.3, -0.25) is 9.40 Å². The van der Waals surface area contributed by atoms with Gasteiger partial charge in [-0.05, 0) is 69.9 Å². The number of sulfonamides is 1. The third-order valence-electron chi connectivity index (χ3n) is 7.55. The SMILES string of the molecule is COC[C@@H](C)N[C@H]1CC=C(c2cnc(N)c3c(-c4ccc(NS(=O)(=O)c5ccccc5Cl)c(F)c4)nn(C(C)C)c23)CC1. The van der Waals surface area contributed by atoms with E-state index in [1.165, 1.54) is 29.8 Å². The van der Waals surface area contributed by atoms with Gasteiger partial charge in [0.2, 0.25) is 0 Å². The standard InChI is InChI=1S/C31H36ClFN6O3S/c1-18(2)39-30-23(20-9-12-22(13-10-20)36-19(3)17-42-4)16-35-31(34)28(30)29(37-39)21-11-14-26(25(33)15-21)38-43(40,41)27-8-6-5-7-24(27)32/h5-9,11,14-16,18-19,22,36,38H,10,12-13,17H2,1-4H3,(H2,34,35)/t19-,22+/m1/s1. The zero-order valence-corrected chi connectivity index (χ0v) is 26.1. The summed E-state index contributed by atoms with van der Waals surface area (Å²) in [5.74, 6) is -0.479. The molecule has 0 aliphatic heterocycles. The summed E-state index contributed by atoms with van der Waals surface area (Å²) in [4.78, 5) is 4.38. The topological polar surface area (TPSA) is 124 Å². The molecular formula is C31H36ClFN6O3S. The van der Waals surface area contributed by atoms with Gasteiger partial charge in [0.05, 0.1) is 28.2 Å². The fourth-order valence-corrected chi connectivity index (χ4v) is 7.13. The van der Waals surface area contributed by atoms with E-state index in [9.17, 15) is 8.42 Å². The molecule has 2 heterocycles. The van der Waals surface area contributed by atoms with Crippen LogP contribution in [0.1, 0.15) is 51.6 Å². The lowest BCUT2D eigenvalue weighted by Crippen LogP contribution is -2.39. The number of nitrogens with zero attached hydrogens (tertiary/aromatic N) is 3. The van der Waals surface area contributed by atoms with E-state index >= 15 is 4.39 Å². The minimum absolute atomic E-state index is 0.0168. The molecule has 0 saturated carbocycles. The molecule has 228 valence electrons. The van der Waals surface area contributed by atoms with Gasteiger partial charge in [-0.25, -0.2) is 17.8 Å². The van der Waals surface area contributed by atoms with E-state index < -0.39 is 15.8 Å². The van der Waals surface area contributed by atoms with Crippen molar-refractivity contribution >= 4 is 49.6 Å². The van der Waals surface area contributed by atoms with Crippen molar-refractivity contribution in [3.63, 3.8) is 0 Å². The molecule has 9 nitrogen and oxygen atoms in total. The van der Waals surface area contributed by atoms with E-state index in [4.69, 9.17) is 27.2 Å². The molecule has 0 bridgehead atoms. The lowest BCUT2D eigenvalue weighted by atomic mass is 9.90. The lowest BCUT2D eigenvalue weighted by Gasteiger charge is -2.26. The van der Waals surface area contributed by atoms with Crippen molar-refractivity contribution in [2.45, 2.75) is 63.1 Å². The molecule has 4 aromatic rings. The molecule has 0 spiro atoms. The summed E-state index contributed by atoms with van der Waals surface area (Å²) in [5, 5.41) is 9.17. The number of fused-ring (bicyclic) bond motifs is 1. The quantitative estimate of drug-likeness (QED) is 0.186. The number of rotatable bonds is 10. The molecule has 0 fully saturated rings. The molecule has 12 heteroatoms. The van der Waals surface area contributed by atoms with Crippen molar-refractivity contribution in [1.82, 2.24) is 20.1 Å². The fraction of sp³-hybridized carbons (Fsp3) is 0.355. The van der Waals surface area contributed by atoms with Crippen LogP contribution in [0.4, 0.5) is 15.9 Å². The van der Waals surface area contributed by atoms with Gasteiger partial charge in [-0.1, -0.05) is 35.9 Å². The highest BCUT2D eigenvalue weighted by Gasteiger charge is 2.26. The number of nitrogen functional groups attached to an aromatic ring is 1. The molecule has 2 atom stereocenters. The van der Waals surface area contributed by atoms with Crippen LogP contribution >= 0.6 is 11.6 Å². The highest BCUT2D eigenvalue weighted by molar-refractivity contribution is 7.92. The highest BCUT2D eigenvalue weighted by atomic mass is 35.5. The molecule has 2 aromatic carbocycles. The van der Waals surface area contributed by atoms with Crippen LogP contribution in [0.5, 0.6) is 0 Å². The van der Waals surface area contributed by atoms with Gasteiger partial charge in [0, 0.05) is 42.6 Å². The Labute approximate surface area is 256 Å². The first-order valence-corrected chi connectivity index (χ1v) is 16.0. The Morgan fingerprint density at radius 2 is 1.98 bits per heavy atom. The van der Waals surface area contributed by atoms with Crippen molar-refractivity contribution in [2.75, 3.05) is 24.2 Å². The molecule has 0 saturated heterocycles. The minimum Gasteiger partial charge on any atom is -0.383 e. The zero-order valence-electron chi connectivity index (χ0n) is 24.6. The second-order valence-corrected chi connectivity index (χ2v) is 13.2. The Kier molecular flexibility index (Phi) is 9.07. The van der Waals surface area contributed by atoms with Gasteiger partial charge in [-0.15, -0.1) is 0 Å². The van der Waals surface area contributed by atoms with Crippen molar-refractivity contribution < 1.29 is 17.5 Å². The van der Waals surface area contributed by atoms with Crippen LogP contribution in [-0.4, -0.2) is 49.0 Å². The van der Waals surface area contributed by atoms with Crippen LogP contribution < -0.4 is 15.8 Å². The predicted octanol–water partition coefficient (Wildman–Crippen LogP) is 6.42. The zero-order chi connectivity index (χ0) is 30.9. The van der Waals surface area contributed by atoms with Gasteiger partial charge in [0.1, 0.15) is 22.2 Å².